The molecule has 0 amide bonds. The van der Waals surface area contributed by atoms with Gasteiger partial charge in [0.25, 0.3) is 0 Å². The van der Waals surface area contributed by atoms with E-state index in [9.17, 15) is 4.79 Å². The van der Waals surface area contributed by atoms with Gasteiger partial charge in [-0.25, -0.2) is 0 Å². The number of allylic oxidation sites excluding steroid dienone is 1. The highest BCUT2D eigenvalue weighted by Crippen LogP contribution is 2.34. The molecule has 1 atom stereocenters. The Hall–Kier alpha value is -0.790. The van der Waals surface area contributed by atoms with Crippen molar-refractivity contribution >= 4 is 5.97 Å². The minimum Gasteiger partial charge on any atom is -0.481 e. The molecule has 0 bridgehead atoms. The lowest BCUT2D eigenvalue weighted by molar-refractivity contribution is -0.143. The van der Waals surface area contributed by atoms with Crippen LogP contribution >= 0.6 is 0 Å². The smallest absolute Gasteiger partial charge is 0.307 e. The number of carboxylic acid groups (broad SMARTS) is 1. The van der Waals surface area contributed by atoms with E-state index in [-0.39, 0.29) is 5.92 Å². The van der Waals surface area contributed by atoms with Crippen molar-refractivity contribution in [3.63, 3.8) is 0 Å². The molecule has 0 aromatic heterocycles. The third-order valence-corrected chi connectivity index (χ3v) is 3.29. The first kappa shape index (κ1) is 11.3. The Labute approximate surface area is 86.0 Å². The molecule has 1 fully saturated rings. The van der Waals surface area contributed by atoms with E-state index in [1.165, 1.54) is 12.8 Å². The van der Waals surface area contributed by atoms with E-state index in [1.807, 2.05) is 6.92 Å². The van der Waals surface area contributed by atoms with Crippen molar-refractivity contribution in [3.8, 4) is 0 Å². The zero-order valence-electron chi connectivity index (χ0n) is 8.96. The Balaban J connectivity index is 2.54. The molecule has 14 heavy (non-hydrogen) atoms. The lowest BCUT2D eigenvalue weighted by Crippen LogP contribution is -2.22. The molecule has 1 aliphatic carbocycles. The highest BCUT2D eigenvalue weighted by atomic mass is 16.4. The van der Waals surface area contributed by atoms with Crippen LogP contribution in [0.3, 0.4) is 0 Å². The van der Waals surface area contributed by atoms with Crippen molar-refractivity contribution in [2.45, 2.75) is 45.4 Å². The lowest BCUT2D eigenvalue weighted by Gasteiger charge is -2.19. The molecule has 1 rings (SSSR count). The summed E-state index contributed by atoms with van der Waals surface area (Å²) in [5.74, 6) is -0.410. The maximum absolute atomic E-state index is 11.1. The molecule has 1 N–H and O–H groups in total. The molecule has 0 saturated heterocycles. The van der Waals surface area contributed by atoms with Crippen LogP contribution in [0.15, 0.2) is 12.2 Å². The Kier molecular flexibility index (Phi) is 4.18. The van der Waals surface area contributed by atoms with Crippen LogP contribution in [0.25, 0.3) is 0 Å². The van der Waals surface area contributed by atoms with E-state index in [4.69, 9.17) is 5.11 Å². The Morgan fingerprint density at radius 1 is 1.50 bits per heavy atom. The summed E-state index contributed by atoms with van der Waals surface area (Å²) in [6.07, 6.45) is 6.16. The third-order valence-electron chi connectivity index (χ3n) is 3.29. The van der Waals surface area contributed by atoms with Gasteiger partial charge >= 0.3 is 5.97 Å². The van der Waals surface area contributed by atoms with Gasteiger partial charge in [-0.05, 0) is 31.6 Å². The van der Waals surface area contributed by atoms with Gasteiger partial charge in [0.05, 0.1) is 5.92 Å². The van der Waals surface area contributed by atoms with Crippen LogP contribution in [0.4, 0.5) is 0 Å². The van der Waals surface area contributed by atoms with Gasteiger partial charge in [0.1, 0.15) is 0 Å². The van der Waals surface area contributed by atoms with Crippen molar-refractivity contribution in [2.75, 3.05) is 0 Å². The van der Waals surface area contributed by atoms with E-state index >= 15 is 0 Å². The van der Waals surface area contributed by atoms with Crippen molar-refractivity contribution < 1.29 is 9.90 Å². The predicted octanol–water partition coefficient (Wildman–Crippen LogP) is 3.23. The molecule has 0 heterocycles. The fourth-order valence-corrected chi connectivity index (χ4v) is 2.27. The lowest BCUT2D eigenvalue weighted by atomic mass is 9.85. The van der Waals surface area contributed by atoms with Crippen LogP contribution in [-0.2, 0) is 4.79 Å². The summed E-state index contributed by atoms with van der Waals surface area (Å²) in [4.78, 5) is 11.1. The monoisotopic (exact) mass is 196 g/mol. The summed E-state index contributed by atoms with van der Waals surface area (Å²) in [5.41, 5.74) is 1.07. The second-order valence-electron chi connectivity index (χ2n) is 4.30. The maximum Gasteiger partial charge on any atom is 0.307 e. The molecule has 0 aromatic rings. The molecule has 0 aromatic carbocycles. The number of hydrogen-bond acceptors (Lipinski definition) is 1. The first-order chi connectivity index (χ1) is 6.65. The van der Waals surface area contributed by atoms with Crippen LogP contribution in [0, 0.1) is 11.8 Å². The highest BCUT2D eigenvalue weighted by molar-refractivity contribution is 5.70. The van der Waals surface area contributed by atoms with Gasteiger partial charge in [0.2, 0.25) is 0 Å². The quantitative estimate of drug-likeness (QED) is 0.685. The Morgan fingerprint density at radius 2 is 2.07 bits per heavy atom. The van der Waals surface area contributed by atoms with Gasteiger partial charge in [-0.15, -0.1) is 0 Å². The van der Waals surface area contributed by atoms with Crippen LogP contribution in [-0.4, -0.2) is 11.1 Å². The first-order valence-electron chi connectivity index (χ1n) is 5.54. The molecular weight excluding hydrogens is 176 g/mol. The summed E-state index contributed by atoms with van der Waals surface area (Å²) in [5, 5.41) is 9.14. The second-order valence-corrected chi connectivity index (χ2v) is 4.30. The molecule has 2 heteroatoms. The van der Waals surface area contributed by atoms with E-state index in [0.29, 0.717) is 12.3 Å². The van der Waals surface area contributed by atoms with Crippen LogP contribution in [0.1, 0.15) is 45.4 Å². The molecule has 1 saturated carbocycles. The second kappa shape index (κ2) is 5.18. The number of aliphatic carboxylic acids is 1. The average Bonchev–Trinajstić information content (AvgIpc) is 2.65. The Bertz CT molecular complexity index is 214. The number of carbonyl (C=O) groups is 1. The summed E-state index contributed by atoms with van der Waals surface area (Å²) in [7, 11) is 0. The molecule has 2 nitrogen and oxygen atoms in total. The largest absolute Gasteiger partial charge is 0.481 e. The molecular formula is C12H20O2. The Morgan fingerprint density at radius 3 is 2.50 bits per heavy atom. The zero-order valence-corrected chi connectivity index (χ0v) is 8.96. The van der Waals surface area contributed by atoms with Gasteiger partial charge in [-0.3, -0.25) is 4.79 Å². The van der Waals surface area contributed by atoms with Crippen molar-refractivity contribution in [3.05, 3.63) is 12.2 Å². The number of hydrogen-bond donors (Lipinski definition) is 1. The maximum atomic E-state index is 11.1. The van der Waals surface area contributed by atoms with E-state index in [0.717, 1.165) is 24.8 Å². The molecule has 0 spiro atoms. The minimum absolute atomic E-state index is 0.176. The molecule has 1 unspecified atom stereocenters. The standard InChI is InChI=1S/C12H20O2/c1-3-9(2)8-11(12(13)14)10-6-4-5-7-10/h10-11H,2-8H2,1H3,(H,13,14). The fraction of sp³-hybridized carbons (Fsp3) is 0.750. The predicted molar refractivity (Wildman–Crippen MR) is 57.1 cm³/mol. The molecule has 0 radical (unpaired) electrons. The van der Waals surface area contributed by atoms with Crippen LogP contribution in [0.5, 0.6) is 0 Å². The summed E-state index contributed by atoms with van der Waals surface area (Å²) in [6.45, 7) is 5.94. The van der Waals surface area contributed by atoms with Crippen LogP contribution in [0.2, 0.25) is 0 Å². The van der Waals surface area contributed by atoms with E-state index < -0.39 is 5.97 Å². The summed E-state index contributed by atoms with van der Waals surface area (Å²) >= 11 is 0. The van der Waals surface area contributed by atoms with Crippen molar-refractivity contribution in [1.82, 2.24) is 0 Å². The van der Waals surface area contributed by atoms with Gasteiger partial charge in [-0.2, -0.15) is 0 Å². The topological polar surface area (TPSA) is 37.3 Å². The van der Waals surface area contributed by atoms with E-state index in [2.05, 4.69) is 6.58 Å². The minimum atomic E-state index is -0.633. The summed E-state index contributed by atoms with van der Waals surface area (Å²) in [6, 6.07) is 0. The van der Waals surface area contributed by atoms with Crippen molar-refractivity contribution in [1.29, 1.82) is 0 Å². The van der Waals surface area contributed by atoms with Gasteiger partial charge in [0.15, 0.2) is 0 Å². The highest BCUT2D eigenvalue weighted by Gasteiger charge is 2.30. The van der Waals surface area contributed by atoms with Crippen LogP contribution < -0.4 is 0 Å². The fourth-order valence-electron chi connectivity index (χ4n) is 2.27. The van der Waals surface area contributed by atoms with Crippen molar-refractivity contribution in [2.24, 2.45) is 11.8 Å². The average molecular weight is 196 g/mol. The van der Waals surface area contributed by atoms with Gasteiger partial charge in [-0.1, -0.05) is 31.9 Å². The van der Waals surface area contributed by atoms with Gasteiger partial charge < -0.3 is 5.11 Å². The number of rotatable bonds is 5. The SMILES string of the molecule is C=C(CC)CC(C(=O)O)C1CCCC1. The third kappa shape index (κ3) is 2.86. The summed E-state index contributed by atoms with van der Waals surface area (Å²) < 4.78 is 0. The number of carboxylic acids is 1. The first-order valence-corrected chi connectivity index (χ1v) is 5.54. The zero-order chi connectivity index (χ0) is 10.6. The van der Waals surface area contributed by atoms with Gasteiger partial charge in [0, 0.05) is 0 Å². The van der Waals surface area contributed by atoms with E-state index in [1.54, 1.807) is 0 Å². The molecule has 1 aliphatic rings. The molecule has 0 aliphatic heterocycles. The molecule has 80 valence electrons. The normalized spacial score (nSPS) is 19.5.